The van der Waals surface area contributed by atoms with Gasteiger partial charge in [-0.25, -0.2) is 0 Å². The van der Waals surface area contributed by atoms with Crippen molar-refractivity contribution < 1.29 is 4.74 Å². The largest absolute Gasteiger partial charge is 0.375 e. The van der Waals surface area contributed by atoms with Crippen molar-refractivity contribution >= 4 is 0 Å². The Morgan fingerprint density at radius 3 is 3.22 bits per heavy atom. The highest BCUT2D eigenvalue weighted by molar-refractivity contribution is 4.79. The first kappa shape index (κ1) is 7.03. The van der Waals surface area contributed by atoms with Crippen molar-refractivity contribution in [1.82, 2.24) is 5.32 Å². The van der Waals surface area contributed by atoms with Crippen LogP contribution in [0.3, 0.4) is 0 Å². The first-order valence-corrected chi connectivity index (χ1v) is 3.59. The highest BCUT2D eigenvalue weighted by Crippen LogP contribution is 2.01. The molecule has 1 fully saturated rings. The fourth-order valence-corrected chi connectivity index (χ4v) is 1.000. The molecule has 0 bridgehead atoms. The molecular weight excluding hydrogens is 114 g/mol. The molecule has 0 amide bonds. The third-order valence-corrected chi connectivity index (χ3v) is 1.45. The maximum absolute atomic E-state index is 5.40. The quantitative estimate of drug-likeness (QED) is 0.587. The van der Waals surface area contributed by atoms with Crippen molar-refractivity contribution in [3.05, 3.63) is 6.42 Å². The van der Waals surface area contributed by atoms with Gasteiger partial charge in [0.25, 0.3) is 0 Å². The van der Waals surface area contributed by atoms with E-state index in [1.54, 1.807) is 0 Å². The highest BCUT2D eigenvalue weighted by atomic mass is 16.5. The first-order chi connectivity index (χ1) is 4.43. The molecule has 0 aromatic heterocycles. The number of rotatable bonds is 2. The number of nitrogens with one attached hydrogen (secondary N) is 1. The van der Waals surface area contributed by atoms with E-state index < -0.39 is 0 Å². The van der Waals surface area contributed by atoms with Gasteiger partial charge in [0.2, 0.25) is 0 Å². The third-order valence-electron chi connectivity index (χ3n) is 1.45. The van der Waals surface area contributed by atoms with E-state index in [1.807, 2.05) is 0 Å². The molecule has 0 saturated carbocycles. The highest BCUT2D eigenvalue weighted by Gasteiger charge is 2.10. The lowest BCUT2D eigenvalue weighted by molar-refractivity contribution is 0.0477. The summed E-state index contributed by atoms with van der Waals surface area (Å²) in [5.41, 5.74) is 0. The van der Waals surface area contributed by atoms with Crippen LogP contribution in [0.4, 0.5) is 0 Å². The summed E-state index contributed by atoms with van der Waals surface area (Å²) in [5.74, 6) is 0. The second kappa shape index (κ2) is 3.85. The Balaban J connectivity index is 2.08. The van der Waals surface area contributed by atoms with Crippen LogP contribution in [0.15, 0.2) is 0 Å². The fraction of sp³-hybridized carbons (Fsp3) is 0.857. The van der Waals surface area contributed by atoms with E-state index in [9.17, 15) is 0 Å². The minimum Gasteiger partial charge on any atom is -0.375 e. The van der Waals surface area contributed by atoms with Gasteiger partial charge in [0, 0.05) is 13.1 Å². The lowest BCUT2D eigenvalue weighted by Crippen LogP contribution is -2.38. The number of ether oxygens (including phenoxy) is 1. The minimum absolute atomic E-state index is 0.365. The molecule has 1 heterocycles. The first-order valence-electron chi connectivity index (χ1n) is 3.59. The monoisotopic (exact) mass is 128 g/mol. The molecule has 1 N–H and O–H groups in total. The summed E-state index contributed by atoms with van der Waals surface area (Å²) in [6.07, 6.45) is 3.67. The standard InChI is InChI=1S/C7H14NO/c1-2-3-7-6-8-4-5-9-7/h3,7-8H,2,4-6H2,1H3. The molecule has 1 unspecified atom stereocenters. The second-order valence-corrected chi connectivity index (χ2v) is 2.26. The van der Waals surface area contributed by atoms with Crippen LogP contribution in [0.2, 0.25) is 0 Å². The molecule has 0 aromatic carbocycles. The van der Waals surface area contributed by atoms with Crippen LogP contribution in [0, 0.1) is 6.42 Å². The molecule has 1 rings (SSSR count). The molecule has 1 aliphatic rings. The van der Waals surface area contributed by atoms with Crippen LogP contribution in [-0.2, 0) is 4.74 Å². The second-order valence-electron chi connectivity index (χ2n) is 2.26. The van der Waals surface area contributed by atoms with E-state index in [-0.39, 0.29) is 0 Å². The lowest BCUT2D eigenvalue weighted by atomic mass is 10.2. The van der Waals surface area contributed by atoms with E-state index in [2.05, 4.69) is 18.7 Å². The molecule has 0 aliphatic carbocycles. The third kappa shape index (κ3) is 2.33. The molecule has 1 atom stereocenters. The Morgan fingerprint density at radius 1 is 1.78 bits per heavy atom. The normalized spacial score (nSPS) is 28.3. The van der Waals surface area contributed by atoms with Gasteiger partial charge in [0.1, 0.15) is 0 Å². The van der Waals surface area contributed by atoms with E-state index >= 15 is 0 Å². The summed E-state index contributed by atoms with van der Waals surface area (Å²) in [5, 5.41) is 3.26. The predicted octanol–water partition coefficient (Wildman–Crippen LogP) is 0.589. The van der Waals surface area contributed by atoms with Crippen molar-refractivity contribution in [3.63, 3.8) is 0 Å². The number of hydrogen-bond acceptors (Lipinski definition) is 2. The molecule has 53 valence electrons. The van der Waals surface area contributed by atoms with Crippen LogP contribution in [0.1, 0.15) is 13.3 Å². The van der Waals surface area contributed by atoms with Crippen LogP contribution >= 0.6 is 0 Å². The van der Waals surface area contributed by atoms with Gasteiger partial charge >= 0.3 is 0 Å². The molecule has 0 aromatic rings. The van der Waals surface area contributed by atoms with Gasteiger partial charge < -0.3 is 10.1 Å². The van der Waals surface area contributed by atoms with Crippen molar-refractivity contribution in [3.8, 4) is 0 Å². The Labute approximate surface area is 56.6 Å². The Morgan fingerprint density at radius 2 is 2.67 bits per heavy atom. The van der Waals surface area contributed by atoms with E-state index in [1.165, 1.54) is 0 Å². The van der Waals surface area contributed by atoms with Crippen molar-refractivity contribution in [2.75, 3.05) is 19.7 Å². The van der Waals surface area contributed by atoms with Crippen LogP contribution in [0.25, 0.3) is 0 Å². The fourth-order valence-electron chi connectivity index (χ4n) is 1.000. The average molecular weight is 128 g/mol. The Kier molecular flexibility index (Phi) is 3.01. The van der Waals surface area contributed by atoms with Gasteiger partial charge in [-0.05, 0) is 6.42 Å². The van der Waals surface area contributed by atoms with Gasteiger partial charge in [-0.3, -0.25) is 0 Å². The maximum Gasteiger partial charge on any atom is 0.0731 e. The lowest BCUT2D eigenvalue weighted by Gasteiger charge is -2.22. The zero-order valence-electron chi connectivity index (χ0n) is 5.89. The molecule has 0 spiro atoms. The summed E-state index contributed by atoms with van der Waals surface area (Å²) in [6.45, 7) is 5.00. The van der Waals surface area contributed by atoms with Crippen molar-refractivity contribution in [1.29, 1.82) is 0 Å². The van der Waals surface area contributed by atoms with Crippen LogP contribution in [0.5, 0.6) is 0 Å². The SMILES string of the molecule is CC[CH]C1CNCCO1. The summed E-state index contributed by atoms with van der Waals surface area (Å²) in [6, 6.07) is 0. The molecule has 2 heteroatoms. The topological polar surface area (TPSA) is 21.3 Å². The van der Waals surface area contributed by atoms with E-state index in [0.717, 1.165) is 26.1 Å². The van der Waals surface area contributed by atoms with E-state index in [0.29, 0.717) is 6.10 Å². The Hall–Kier alpha value is -0.0800. The maximum atomic E-state index is 5.40. The molecule has 9 heavy (non-hydrogen) atoms. The predicted molar refractivity (Wildman–Crippen MR) is 37.2 cm³/mol. The molecule has 1 saturated heterocycles. The molecule has 2 nitrogen and oxygen atoms in total. The minimum atomic E-state index is 0.365. The smallest absolute Gasteiger partial charge is 0.0731 e. The average Bonchev–Trinajstić information content (AvgIpc) is 1.91. The molecular formula is C7H14NO. The van der Waals surface area contributed by atoms with Crippen LogP contribution in [-0.4, -0.2) is 25.8 Å². The summed E-state index contributed by atoms with van der Waals surface area (Å²) < 4.78 is 5.40. The summed E-state index contributed by atoms with van der Waals surface area (Å²) in [4.78, 5) is 0. The zero-order chi connectivity index (χ0) is 6.53. The summed E-state index contributed by atoms with van der Waals surface area (Å²) >= 11 is 0. The molecule has 1 aliphatic heterocycles. The summed E-state index contributed by atoms with van der Waals surface area (Å²) in [7, 11) is 0. The van der Waals surface area contributed by atoms with Crippen LogP contribution < -0.4 is 5.32 Å². The van der Waals surface area contributed by atoms with Crippen molar-refractivity contribution in [2.45, 2.75) is 19.4 Å². The Bertz CT molecular complexity index is 66.6. The van der Waals surface area contributed by atoms with Gasteiger partial charge in [0.05, 0.1) is 12.7 Å². The van der Waals surface area contributed by atoms with Gasteiger partial charge in [-0.15, -0.1) is 0 Å². The van der Waals surface area contributed by atoms with Gasteiger partial charge in [-0.2, -0.15) is 0 Å². The number of morpholine rings is 1. The van der Waals surface area contributed by atoms with Gasteiger partial charge in [0.15, 0.2) is 0 Å². The zero-order valence-corrected chi connectivity index (χ0v) is 5.89. The van der Waals surface area contributed by atoms with E-state index in [4.69, 9.17) is 4.74 Å². The van der Waals surface area contributed by atoms with Crippen molar-refractivity contribution in [2.24, 2.45) is 0 Å². The molecule has 1 radical (unpaired) electrons. The number of hydrogen-bond donors (Lipinski definition) is 1. The van der Waals surface area contributed by atoms with Gasteiger partial charge in [-0.1, -0.05) is 13.3 Å².